The van der Waals surface area contributed by atoms with Gasteiger partial charge in [0.05, 0.1) is 6.42 Å². The van der Waals surface area contributed by atoms with Gasteiger partial charge in [0, 0.05) is 0 Å². The van der Waals surface area contributed by atoms with Crippen LogP contribution in [-0.4, -0.2) is 19.0 Å². The Balaban J connectivity index is 4.06. The summed E-state index contributed by atoms with van der Waals surface area (Å²) in [4.78, 5) is 12.2. The van der Waals surface area contributed by atoms with Gasteiger partial charge in [-0.2, -0.15) is 0 Å². The fraction of sp³-hybridized carbons (Fsp3) is 0.300. The van der Waals surface area contributed by atoms with Crippen LogP contribution in [0.1, 0.15) is 6.42 Å². The highest BCUT2D eigenvalue weighted by molar-refractivity contribution is 5.68. The van der Waals surface area contributed by atoms with Gasteiger partial charge in [-0.1, -0.05) is 19.2 Å². The van der Waals surface area contributed by atoms with Crippen LogP contribution in [0.3, 0.4) is 0 Å². The van der Waals surface area contributed by atoms with E-state index in [4.69, 9.17) is 0 Å². The number of amides is 1. The molecule has 2 nitrogen and oxygen atoms in total. The second-order valence-corrected chi connectivity index (χ2v) is 2.51. The summed E-state index contributed by atoms with van der Waals surface area (Å²) in [6, 6.07) is 0. The maximum absolute atomic E-state index is 11.3. The van der Waals surface area contributed by atoms with E-state index < -0.39 is 0 Å². The number of hydrogen-bond acceptors (Lipinski definition) is 1. The lowest BCUT2D eigenvalue weighted by Gasteiger charge is -2.11. The maximum Gasteiger partial charge on any atom is 0.316 e. The number of carbonyl (C=O) groups is 1. The zero-order valence-electron chi connectivity index (χ0n) is 7.38. The predicted octanol–water partition coefficient (Wildman–Crippen LogP) is 0.346. The van der Waals surface area contributed by atoms with Gasteiger partial charge < -0.3 is 0 Å². The number of carbonyl (C=O) groups excluding carboxylic acids is 1. The number of nitrogens with one attached hydrogen (secondary N) is 1. The summed E-state index contributed by atoms with van der Waals surface area (Å²) in [7, 11) is 0. The fourth-order valence-corrected chi connectivity index (χ4v) is 0.935. The van der Waals surface area contributed by atoms with E-state index in [9.17, 15) is 4.79 Å². The molecule has 0 fully saturated rings. The summed E-state index contributed by atoms with van der Waals surface area (Å²) in [6.45, 7) is 12.0. The van der Waals surface area contributed by atoms with Crippen LogP contribution in [0, 0.1) is 0 Å². The molecule has 0 aromatic carbocycles. The fourth-order valence-electron chi connectivity index (χ4n) is 0.935. The quantitative estimate of drug-likeness (QED) is 0.565. The van der Waals surface area contributed by atoms with Crippen LogP contribution in [0.5, 0.6) is 0 Å². The highest BCUT2D eigenvalue weighted by Crippen LogP contribution is 1.74. The molecule has 0 aromatic heterocycles. The molecule has 0 heterocycles. The third-order valence-electron chi connectivity index (χ3n) is 1.51. The molecule has 2 heteroatoms. The zero-order valence-corrected chi connectivity index (χ0v) is 7.38. The summed E-state index contributed by atoms with van der Waals surface area (Å²) >= 11 is 0. The van der Waals surface area contributed by atoms with E-state index in [1.54, 1.807) is 18.2 Å². The Hall–Kier alpha value is -1.15. The molecule has 0 atom stereocenters. The van der Waals surface area contributed by atoms with Crippen LogP contribution >= 0.6 is 0 Å². The minimum Gasteiger partial charge on any atom is -0.265 e. The van der Waals surface area contributed by atoms with E-state index in [1.807, 2.05) is 0 Å². The van der Waals surface area contributed by atoms with Crippen LogP contribution < -0.4 is 4.90 Å². The summed E-state index contributed by atoms with van der Waals surface area (Å²) in [5.74, 6) is 0.143. The van der Waals surface area contributed by atoms with Gasteiger partial charge in [0.1, 0.15) is 13.1 Å². The molecule has 66 valence electrons. The van der Waals surface area contributed by atoms with E-state index in [0.29, 0.717) is 19.5 Å². The molecule has 1 N–H and O–H groups in total. The molecule has 1 amide bonds. The van der Waals surface area contributed by atoms with Crippen molar-refractivity contribution in [2.45, 2.75) is 6.42 Å². The summed E-state index contributed by atoms with van der Waals surface area (Å²) in [5, 5.41) is 0. The Morgan fingerprint density at radius 2 is 1.58 bits per heavy atom. The molecule has 0 unspecified atom stereocenters. The molecule has 0 saturated heterocycles. The lowest BCUT2D eigenvalue weighted by molar-refractivity contribution is -0.807. The maximum atomic E-state index is 11.3. The van der Waals surface area contributed by atoms with Crippen LogP contribution in [0.2, 0.25) is 0 Å². The van der Waals surface area contributed by atoms with Gasteiger partial charge in [-0.3, -0.25) is 4.90 Å². The second-order valence-electron chi connectivity index (χ2n) is 2.51. The third-order valence-corrected chi connectivity index (χ3v) is 1.51. The number of quaternary nitrogens is 1. The molecule has 0 spiro atoms. The van der Waals surface area contributed by atoms with Crippen molar-refractivity contribution in [3.63, 3.8) is 0 Å². The molecule has 0 aliphatic rings. The van der Waals surface area contributed by atoms with E-state index in [0.717, 1.165) is 4.90 Å². The van der Waals surface area contributed by atoms with Crippen molar-refractivity contribution in [2.24, 2.45) is 0 Å². The first-order chi connectivity index (χ1) is 5.76. The van der Waals surface area contributed by atoms with E-state index in [2.05, 4.69) is 19.7 Å². The smallest absolute Gasteiger partial charge is 0.265 e. The van der Waals surface area contributed by atoms with E-state index >= 15 is 0 Å². The molecule has 0 rings (SSSR count). The van der Waals surface area contributed by atoms with Crippen molar-refractivity contribution in [3.8, 4) is 0 Å². The SMILES string of the molecule is C=CCC(=O)[NH+](CC=C)CC=C. The van der Waals surface area contributed by atoms with Gasteiger partial charge in [0.2, 0.25) is 0 Å². The first-order valence-electron chi connectivity index (χ1n) is 3.96. The largest absolute Gasteiger partial charge is 0.316 e. The van der Waals surface area contributed by atoms with Crippen molar-refractivity contribution in [1.82, 2.24) is 0 Å². The molecular weight excluding hydrogens is 150 g/mol. The monoisotopic (exact) mass is 166 g/mol. The Bertz CT molecular complexity index is 174. The lowest BCUT2D eigenvalue weighted by atomic mass is 10.3. The minimum absolute atomic E-state index is 0.143. The van der Waals surface area contributed by atoms with Gasteiger partial charge in [-0.25, -0.2) is 4.79 Å². The second kappa shape index (κ2) is 6.55. The van der Waals surface area contributed by atoms with Crippen LogP contribution in [0.4, 0.5) is 0 Å². The van der Waals surface area contributed by atoms with Gasteiger partial charge >= 0.3 is 5.91 Å². The average molecular weight is 166 g/mol. The predicted molar refractivity (Wildman–Crippen MR) is 50.9 cm³/mol. The van der Waals surface area contributed by atoms with Crippen molar-refractivity contribution < 1.29 is 9.69 Å². The van der Waals surface area contributed by atoms with Crippen molar-refractivity contribution in [1.29, 1.82) is 0 Å². The van der Waals surface area contributed by atoms with Gasteiger partial charge in [-0.15, -0.1) is 6.58 Å². The lowest BCUT2D eigenvalue weighted by Crippen LogP contribution is -3.14. The van der Waals surface area contributed by atoms with E-state index in [-0.39, 0.29) is 5.91 Å². The van der Waals surface area contributed by atoms with Gasteiger partial charge in [-0.05, 0) is 12.2 Å². The molecular formula is C10H16NO+. The van der Waals surface area contributed by atoms with Crippen molar-refractivity contribution in [2.75, 3.05) is 13.1 Å². The van der Waals surface area contributed by atoms with Crippen LogP contribution in [0.25, 0.3) is 0 Å². The van der Waals surface area contributed by atoms with Gasteiger partial charge in [0.25, 0.3) is 0 Å². The highest BCUT2D eigenvalue weighted by atomic mass is 16.2. The Morgan fingerprint density at radius 3 is 1.92 bits per heavy atom. The van der Waals surface area contributed by atoms with E-state index in [1.165, 1.54) is 0 Å². The topological polar surface area (TPSA) is 21.5 Å². The van der Waals surface area contributed by atoms with Crippen LogP contribution in [0.15, 0.2) is 38.0 Å². The molecule has 0 aliphatic heterocycles. The Labute approximate surface area is 73.9 Å². The average Bonchev–Trinajstić information content (AvgIpc) is 2.04. The molecule has 12 heavy (non-hydrogen) atoms. The summed E-state index contributed by atoms with van der Waals surface area (Å²) in [6.07, 6.45) is 5.51. The summed E-state index contributed by atoms with van der Waals surface area (Å²) < 4.78 is 0. The molecule has 0 saturated carbocycles. The first kappa shape index (κ1) is 10.8. The molecule has 0 aliphatic carbocycles. The van der Waals surface area contributed by atoms with Crippen LogP contribution in [-0.2, 0) is 4.79 Å². The molecule has 0 aromatic rings. The minimum atomic E-state index is 0.143. The third kappa shape index (κ3) is 3.88. The molecule has 0 bridgehead atoms. The first-order valence-corrected chi connectivity index (χ1v) is 3.96. The Morgan fingerprint density at radius 1 is 1.08 bits per heavy atom. The standard InChI is InChI=1S/C10H15NO/c1-4-7-10(12)11(8-5-2)9-6-3/h4-6H,1-3,7-9H2/p+1. The normalized spacial score (nSPS) is 9.42. The Kier molecular flexibility index (Phi) is 5.93. The summed E-state index contributed by atoms with van der Waals surface area (Å²) in [5.41, 5.74) is 0. The highest BCUT2D eigenvalue weighted by Gasteiger charge is 2.13. The van der Waals surface area contributed by atoms with Crippen molar-refractivity contribution >= 4 is 5.91 Å². The van der Waals surface area contributed by atoms with Crippen molar-refractivity contribution in [3.05, 3.63) is 38.0 Å². The van der Waals surface area contributed by atoms with Gasteiger partial charge in [0.15, 0.2) is 0 Å². The zero-order chi connectivity index (χ0) is 9.40. The molecule has 0 radical (unpaired) electrons. The number of rotatable bonds is 6. The number of hydrogen-bond donors (Lipinski definition) is 1.